The molecule has 21 heavy (non-hydrogen) atoms. The molecule has 0 aliphatic carbocycles. The smallest absolute Gasteiger partial charge is 0.257 e. The van der Waals surface area contributed by atoms with Crippen molar-refractivity contribution in [3.05, 3.63) is 53.1 Å². The van der Waals surface area contributed by atoms with E-state index in [-0.39, 0.29) is 5.91 Å². The number of nitrogens with two attached hydrogens (primary N) is 1. The van der Waals surface area contributed by atoms with Crippen LogP contribution in [0.2, 0.25) is 0 Å². The number of aryl methyl sites for hydroxylation is 1. The van der Waals surface area contributed by atoms with Crippen molar-refractivity contribution in [3.63, 3.8) is 0 Å². The predicted molar refractivity (Wildman–Crippen MR) is 81.3 cm³/mol. The first kappa shape index (κ1) is 14.4. The SMILES string of the molecule is COc1ccc(C(=O)Nc2cccc(C)c2C#N)c(N)c1. The van der Waals surface area contributed by atoms with Gasteiger partial charge in [-0.15, -0.1) is 0 Å². The lowest BCUT2D eigenvalue weighted by Crippen LogP contribution is -2.15. The Bertz CT molecular complexity index is 733. The number of rotatable bonds is 3. The maximum absolute atomic E-state index is 12.3. The zero-order chi connectivity index (χ0) is 15.4. The molecule has 3 N–H and O–H groups in total. The van der Waals surface area contributed by atoms with E-state index in [4.69, 9.17) is 15.7 Å². The maximum Gasteiger partial charge on any atom is 0.257 e. The second-order valence-corrected chi connectivity index (χ2v) is 4.52. The molecule has 0 unspecified atom stereocenters. The number of anilines is 2. The first-order valence-electron chi connectivity index (χ1n) is 6.31. The normalized spacial score (nSPS) is 9.76. The fourth-order valence-corrected chi connectivity index (χ4v) is 1.98. The molecule has 0 atom stereocenters. The molecule has 2 rings (SSSR count). The van der Waals surface area contributed by atoms with Crippen molar-refractivity contribution >= 4 is 17.3 Å². The fraction of sp³-hybridized carbons (Fsp3) is 0.125. The van der Waals surface area contributed by atoms with Crippen LogP contribution >= 0.6 is 0 Å². The van der Waals surface area contributed by atoms with Gasteiger partial charge in [0.05, 0.1) is 23.9 Å². The Labute approximate surface area is 123 Å². The van der Waals surface area contributed by atoms with Crippen molar-refractivity contribution in [2.45, 2.75) is 6.92 Å². The summed E-state index contributed by atoms with van der Waals surface area (Å²) in [5, 5.41) is 11.9. The molecular weight excluding hydrogens is 266 g/mol. The molecule has 106 valence electrons. The third-order valence-electron chi connectivity index (χ3n) is 3.14. The number of hydrogen-bond donors (Lipinski definition) is 2. The molecule has 5 nitrogen and oxygen atoms in total. The number of amides is 1. The van der Waals surface area contributed by atoms with Gasteiger partial charge in [0.25, 0.3) is 5.91 Å². The summed E-state index contributed by atoms with van der Waals surface area (Å²) in [5.41, 5.74) is 8.21. The van der Waals surface area contributed by atoms with Gasteiger partial charge in [0.2, 0.25) is 0 Å². The van der Waals surface area contributed by atoms with Crippen molar-refractivity contribution in [2.24, 2.45) is 0 Å². The summed E-state index contributed by atoms with van der Waals surface area (Å²) in [4.78, 5) is 12.3. The van der Waals surface area contributed by atoms with E-state index >= 15 is 0 Å². The molecule has 0 bridgehead atoms. The number of hydrogen-bond acceptors (Lipinski definition) is 4. The Hall–Kier alpha value is -3.00. The molecule has 0 aliphatic rings. The number of nitriles is 1. The third-order valence-corrected chi connectivity index (χ3v) is 3.14. The van der Waals surface area contributed by atoms with Crippen molar-refractivity contribution in [3.8, 4) is 11.8 Å². The van der Waals surface area contributed by atoms with E-state index in [9.17, 15) is 4.79 Å². The van der Waals surface area contributed by atoms with E-state index in [0.717, 1.165) is 5.56 Å². The van der Waals surface area contributed by atoms with Crippen LogP contribution in [0, 0.1) is 18.3 Å². The van der Waals surface area contributed by atoms with Crippen LogP contribution < -0.4 is 15.8 Å². The molecule has 5 heteroatoms. The minimum absolute atomic E-state index is 0.318. The average molecular weight is 281 g/mol. The lowest BCUT2D eigenvalue weighted by atomic mass is 10.1. The standard InChI is InChI=1S/C16H15N3O2/c1-10-4-3-5-15(13(10)9-17)19-16(20)12-7-6-11(21-2)8-14(12)18/h3-8H,18H2,1-2H3,(H,19,20). The van der Waals surface area contributed by atoms with Crippen LogP contribution in [0.15, 0.2) is 36.4 Å². The molecule has 0 fully saturated rings. The lowest BCUT2D eigenvalue weighted by Gasteiger charge is -2.11. The molecule has 0 saturated heterocycles. The molecule has 0 saturated carbocycles. The van der Waals surface area contributed by atoms with Gasteiger partial charge in [-0.05, 0) is 30.7 Å². The minimum atomic E-state index is -0.364. The quantitative estimate of drug-likeness (QED) is 0.847. The van der Waals surface area contributed by atoms with Gasteiger partial charge in [-0.3, -0.25) is 4.79 Å². The average Bonchev–Trinajstić information content (AvgIpc) is 2.47. The van der Waals surface area contributed by atoms with Gasteiger partial charge in [0.1, 0.15) is 11.8 Å². The summed E-state index contributed by atoms with van der Waals surface area (Å²) < 4.78 is 5.05. The van der Waals surface area contributed by atoms with E-state index in [0.29, 0.717) is 28.3 Å². The van der Waals surface area contributed by atoms with Crippen LogP contribution in [-0.2, 0) is 0 Å². The number of nitrogen functional groups attached to an aromatic ring is 1. The molecule has 2 aromatic rings. The largest absolute Gasteiger partial charge is 0.497 e. The second-order valence-electron chi connectivity index (χ2n) is 4.52. The van der Waals surface area contributed by atoms with Crippen LogP contribution in [0.1, 0.15) is 21.5 Å². The van der Waals surface area contributed by atoms with E-state index < -0.39 is 0 Å². The fourth-order valence-electron chi connectivity index (χ4n) is 1.98. The highest BCUT2D eigenvalue weighted by Crippen LogP contribution is 2.23. The highest BCUT2D eigenvalue weighted by molar-refractivity contribution is 6.08. The summed E-state index contributed by atoms with van der Waals surface area (Å²) in [5.74, 6) is 0.217. The highest BCUT2D eigenvalue weighted by atomic mass is 16.5. The molecule has 0 aliphatic heterocycles. The van der Waals surface area contributed by atoms with Gasteiger partial charge in [-0.1, -0.05) is 12.1 Å². The van der Waals surface area contributed by atoms with Crippen LogP contribution in [-0.4, -0.2) is 13.0 Å². The molecule has 2 aromatic carbocycles. The first-order valence-corrected chi connectivity index (χ1v) is 6.31. The number of carbonyl (C=O) groups excluding carboxylic acids is 1. The van der Waals surface area contributed by atoms with E-state index in [1.807, 2.05) is 13.0 Å². The van der Waals surface area contributed by atoms with Crippen LogP contribution in [0.3, 0.4) is 0 Å². The number of ether oxygens (including phenoxy) is 1. The molecular formula is C16H15N3O2. The highest BCUT2D eigenvalue weighted by Gasteiger charge is 2.13. The molecule has 0 aromatic heterocycles. The first-order chi connectivity index (χ1) is 10.1. The van der Waals surface area contributed by atoms with Gasteiger partial charge in [-0.25, -0.2) is 0 Å². The summed E-state index contributed by atoms with van der Waals surface area (Å²) in [7, 11) is 1.53. The number of nitrogens with zero attached hydrogens (tertiary/aromatic N) is 1. The minimum Gasteiger partial charge on any atom is -0.497 e. The van der Waals surface area contributed by atoms with Gasteiger partial charge in [-0.2, -0.15) is 5.26 Å². The van der Waals surface area contributed by atoms with E-state index in [2.05, 4.69) is 11.4 Å². The lowest BCUT2D eigenvalue weighted by molar-refractivity contribution is 0.102. The summed E-state index contributed by atoms with van der Waals surface area (Å²) in [6, 6.07) is 12.2. The zero-order valence-electron chi connectivity index (χ0n) is 11.8. The number of carbonyl (C=O) groups is 1. The summed E-state index contributed by atoms with van der Waals surface area (Å²) in [6.45, 7) is 1.82. The van der Waals surface area contributed by atoms with Crippen LogP contribution in [0.25, 0.3) is 0 Å². The van der Waals surface area contributed by atoms with Crippen molar-refractivity contribution in [1.29, 1.82) is 5.26 Å². The van der Waals surface area contributed by atoms with Crippen LogP contribution in [0.4, 0.5) is 11.4 Å². The van der Waals surface area contributed by atoms with E-state index in [1.165, 1.54) is 7.11 Å². The summed E-state index contributed by atoms with van der Waals surface area (Å²) >= 11 is 0. The molecule has 0 radical (unpaired) electrons. The predicted octanol–water partition coefficient (Wildman–Crippen LogP) is 2.71. The monoisotopic (exact) mass is 281 g/mol. The van der Waals surface area contributed by atoms with Gasteiger partial charge in [0.15, 0.2) is 0 Å². The molecule has 0 heterocycles. The van der Waals surface area contributed by atoms with Gasteiger partial charge < -0.3 is 15.8 Å². The Morgan fingerprint density at radius 3 is 2.71 bits per heavy atom. The number of benzene rings is 2. The zero-order valence-corrected chi connectivity index (χ0v) is 11.8. The Balaban J connectivity index is 2.31. The maximum atomic E-state index is 12.3. The van der Waals surface area contributed by atoms with Gasteiger partial charge >= 0.3 is 0 Å². The van der Waals surface area contributed by atoms with Crippen molar-refractivity contribution in [1.82, 2.24) is 0 Å². The molecule has 0 spiro atoms. The molecule has 1 amide bonds. The Kier molecular flexibility index (Phi) is 4.10. The third kappa shape index (κ3) is 2.95. The van der Waals surface area contributed by atoms with E-state index in [1.54, 1.807) is 30.3 Å². The van der Waals surface area contributed by atoms with Crippen molar-refractivity contribution in [2.75, 3.05) is 18.2 Å². The number of nitrogens with one attached hydrogen (secondary N) is 1. The topological polar surface area (TPSA) is 88.1 Å². The Morgan fingerprint density at radius 2 is 2.10 bits per heavy atom. The Morgan fingerprint density at radius 1 is 1.33 bits per heavy atom. The second kappa shape index (κ2) is 5.97. The number of methoxy groups -OCH3 is 1. The van der Waals surface area contributed by atoms with Crippen LogP contribution in [0.5, 0.6) is 5.75 Å². The van der Waals surface area contributed by atoms with Gasteiger partial charge in [0, 0.05) is 11.8 Å². The summed E-state index contributed by atoms with van der Waals surface area (Å²) in [6.07, 6.45) is 0. The van der Waals surface area contributed by atoms with Crippen molar-refractivity contribution < 1.29 is 9.53 Å².